The van der Waals surface area contributed by atoms with Crippen molar-refractivity contribution in [2.75, 3.05) is 13.2 Å². The van der Waals surface area contributed by atoms with Gasteiger partial charge in [0.25, 0.3) is 0 Å². The summed E-state index contributed by atoms with van der Waals surface area (Å²) in [4.78, 5) is 0. The molecule has 0 aliphatic rings. The Balaban J connectivity index is 4.19. The van der Waals surface area contributed by atoms with E-state index < -0.39 is 0 Å². The van der Waals surface area contributed by atoms with Crippen LogP contribution in [0.1, 0.15) is 53.4 Å². The average Bonchev–Trinajstić information content (AvgIpc) is 2.06. The Hall–Kier alpha value is -0.0800. The van der Waals surface area contributed by atoms with Crippen LogP contribution in [0, 0.1) is 0 Å². The summed E-state index contributed by atoms with van der Waals surface area (Å²) >= 11 is 0. The van der Waals surface area contributed by atoms with Crippen molar-refractivity contribution in [3.05, 3.63) is 0 Å². The van der Waals surface area contributed by atoms with Gasteiger partial charge in [-0.2, -0.15) is 0 Å². The quantitative estimate of drug-likeness (QED) is 0.544. The van der Waals surface area contributed by atoms with E-state index in [1.807, 2.05) is 13.8 Å². The molecular weight excluding hydrogens is 164 g/mol. The number of hydrogen-bond donors (Lipinski definition) is 0. The lowest BCUT2D eigenvalue weighted by Gasteiger charge is -2.32. The second-order valence-corrected chi connectivity index (χ2v) is 3.28. The zero-order chi connectivity index (χ0) is 10.2. The van der Waals surface area contributed by atoms with Gasteiger partial charge in [-0.05, 0) is 13.8 Å². The van der Waals surface area contributed by atoms with Gasteiger partial charge in [-0.25, -0.2) is 0 Å². The van der Waals surface area contributed by atoms with Gasteiger partial charge in [-0.15, -0.1) is 0 Å². The molecule has 13 heavy (non-hydrogen) atoms. The summed E-state index contributed by atoms with van der Waals surface area (Å²) in [5.41, 5.74) is 0. The van der Waals surface area contributed by atoms with Gasteiger partial charge in [0.15, 0.2) is 5.79 Å². The summed E-state index contributed by atoms with van der Waals surface area (Å²) in [6, 6.07) is 0. The van der Waals surface area contributed by atoms with Crippen LogP contribution in [0.25, 0.3) is 0 Å². The second-order valence-electron chi connectivity index (χ2n) is 3.28. The van der Waals surface area contributed by atoms with Gasteiger partial charge >= 0.3 is 0 Å². The van der Waals surface area contributed by atoms with Crippen molar-refractivity contribution in [3.63, 3.8) is 0 Å². The fourth-order valence-electron chi connectivity index (χ4n) is 1.74. The van der Waals surface area contributed by atoms with E-state index in [-0.39, 0.29) is 5.79 Å². The highest BCUT2D eigenvalue weighted by molar-refractivity contribution is 4.68. The van der Waals surface area contributed by atoms with Crippen LogP contribution < -0.4 is 0 Å². The summed E-state index contributed by atoms with van der Waals surface area (Å²) in [7, 11) is 0. The molecule has 0 aliphatic carbocycles. The maximum atomic E-state index is 5.73. The molecule has 0 bridgehead atoms. The normalized spacial score (nSPS) is 12.0. The lowest BCUT2D eigenvalue weighted by Crippen LogP contribution is -2.36. The molecule has 0 fully saturated rings. The maximum Gasteiger partial charge on any atom is 0.168 e. The minimum atomic E-state index is -0.299. The zero-order valence-corrected chi connectivity index (χ0v) is 9.56. The smallest absolute Gasteiger partial charge is 0.168 e. The molecule has 0 aromatic heterocycles. The van der Waals surface area contributed by atoms with Gasteiger partial charge in [-0.3, -0.25) is 0 Å². The Kier molecular flexibility index (Phi) is 7.29. The fourth-order valence-corrected chi connectivity index (χ4v) is 1.74. The average molecular weight is 188 g/mol. The van der Waals surface area contributed by atoms with Gasteiger partial charge in [0.05, 0.1) is 0 Å². The van der Waals surface area contributed by atoms with Crippen LogP contribution in [0.3, 0.4) is 0 Å². The summed E-state index contributed by atoms with van der Waals surface area (Å²) in [5, 5.41) is 0. The molecule has 0 N–H and O–H groups in total. The van der Waals surface area contributed by atoms with Crippen LogP contribution in [-0.2, 0) is 9.47 Å². The second kappa shape index (κ2) is 7.34. The molecule has 0 radical (unpaired) electrons. The van der Waals surface area contributed by atoms with Crippen molar-refractivity contribution in [3.8, 4) is 0 Å². The monoisotopic (exact) mass is 188 g/mol. The maximum absolute atomic E-state index is 5.73. The van der Waals surface area contributed by atoms with Gasteiger partial charge in [-0.1, -0.05) is 26.7 Å². The third-order valence-electron chi connectivity index (χ3n) is 2.08. The molecule has 0 aromatic rings. The molecule has 0 aliphatic heterocycles. The molecule has 0 saturated carbocycles. The standard InChI is InChI=1S/C11H24O2/c1-5-9-11(10-6-2,12-7-3)13-8-4/h5-10H2,1-4H3. The predicted molar refractivity (Wildman–Crippen MR) is 55.8 cm³/mol. The topological polar surface area (TPSA) is 18.5 Å². The largest absolute Gasteiger partial charge is 0.350 e. The lowest BCUT2D eigenvalue weighted by molar-refractivity contribution is -0.240. The Bertz CT molecular complexity index is 83.1. The molecule has 0 unspecified atom stereocenters. The fraction of sp³-hybridized carbons (Fsp3) is 1.00. The first-order valence-electron chi connectivity index (χ1n) is 5.52. The predicted octanol–water partition coefficient (Wildman–Crippen LogP) is 3.36. The van der Waals surface area contributed by atoms with E-state index in [9.17, 15) is 0 Å². The Morgan fingerprint density at radius 1 is 0.769 bits per heavy atom. The van der Waals surface area contributed by atoms with Gasteiger partial charge < -0.3 is 9.47 Å². The number of ether oxygens (including phenoxy) is 2. The van der Waals surface area contributed by atoms with E-state index in [1.54, 1.807) is 0 Å². The first-order valence-corrected chi connectivity index (χ1v) is 5.52. The van der Waals surface area contributed by atoms with Gasteiger partial charge in [0.1, 0.15) is 0 Å². The van der Waals surface area contributed by atoms with E-state index in [0.29, 0.717) is 0 Å². The van der Waals surface area contributed by atoms with Crippen molar-refractivity contribution >= 4 is 0 Å². The van der Waals surface area contributed by atoms with Crippen LogP contribution in [-0.4, -0.2) is 19.0 Å². The molecule has 0 atom stereocenters. The van der Waals surface area contributed by atoms with E-state index >= 15 is 0 Å². The summed E-state index contributed by atoms with van der Waals surface area (Å²) < 4.78 is 11.5. The first-order chi connectivity index (χ1) is 6.24. The SMILES string of the molecule is CCCC(CCC)(OCC)OCC. The van der Waals surface area contributed by atoms with Gasteiger partial charge in [0, 0.05) is 26.1 Å². The highest BCUT2D eigenvalue weighted by atomic mass is 16.7. The van der Waals surface area contributed by atoms with Gasteiger partial charge in [0.2, 0.25) is 0 Å². The summed E-state index contributed by atoms with van der Waals surface area (Å²) in [6.45, 7) is 9.86. The molecule has 0 aromatic carbocycles. The minimum Gasteiger partial charge on any atom is -0.350 e. The molecule has 2 heteroatoms. The molecule has 0 amide bonds. The zero-order valence-electron chi connectivity index (χ0n) is 9.56. The van der Waals surface area contributed by atoms with E-state index in [0.717, 1.165) is 38.9 Å². The third-order valence-corrected chi connectivity index (χ3v) is 2.08. The van der Waals surface area contributed by atoms with E-state index in [2.05, 4.69) is 13.8 Å². The van der Waals surface area contributed by atoms with E-state index in [4.69, 9.17) is 9.47 Å². The lowest BCUT2D eigenvalue weighted by atomic mass is 10.1. The van der Waals surface area contributed by atoms with Crippen molar-refractivity contribution in [1.29, 1.82) is 0 Å². The molecule has 0 heterocycles. The van der Waals surface area contributed by atoms with E-state index in [1.165, 1.54) is 0 Å². The molecule has 0 saturated heterocycles. The first kappa shape index (κ1) is 12.9. The Morgan fingerprint density at radius 2 is 1.15 bits per heavy atom. The molecule has 80 valence electrons. The summed E-state index contributed by atoms with van der Waals surface area (Å²) in [5.74, 6) is -0.299. The summed E-state index contributed by atoms with van der Waals surface area (Å²) in [6.07, 6.45) is 4.23. The van der Waals surface area contributed by atoms with Crippen LogP contribution in [0.2, 0.25) is 0 Å². The molecule has 2 nitrogen and oxygen atoms in total. The van der Waals surface area contributed by atoms with Crippen LogP contribution in [0.15, 0.2) is 0 Å². The van der Waals surface area contributed by atoms with Crippen molar-refractivity contribution < 1.29 is 9.47 Å². The Labute approximate surface area is 82.6 Å². The van der Waals surface area contributed by atoms with Crippen LogP contribution >= 0.6 is 0 Å². The Morgan fingerprint density at radius 3 is 1.38 bits per heavy atom. The van der Waals surface area contributed by atoms with Crippen LogP contribution in [0.5, 0.6) is 0 Å². The highest BCUT2D eigenvalue weighted by Crippen LogP contribution is 2.25. The molecule has 0 rings (SSSR count). The highest BCUT2D eigenvalue weighted by Gasteiger charge is 2.28. The van der Waals surface area contributed by atoms with Crippen molar-refractivity contribution in [2.24, 2.45) is 0 Å². The van der Waals surface area contributed by atoms with Crippen molar-refractivity contribution in [2.45, 2.75) is 59.2 Å². The molecular formula is C11H24O2. The van der Waals surface area contributed by atoms with Crippen molar-refractivity contribution in [1.82, 2.24) is 0 Å². The third kappa shape index (κ3) is 4.63. The van der Waals surface area contributed by atoms with Crippen LogP contribution in [0.4, 0.5) is 0 Å². The minimum absolute atomic E-state index is 0.299. The molecule has 0 spiro atoms. The number of hydrogen-bond acceptors (Lipinski definition) is 2. The number of rotatable bonds is 8.